The molecule has 1 aromatic rings. The lowest BCUT2D eigenvalue weighted by atomic mass is 9.79. The molecule has 69 heavy (non-hydrogen) atoms. The standard InChI is InChI=1S/C19H29NO2.C12H23NO2.C10H19NO2.C10H18O2.C6H12O/c1-5-22-19(21)18-13-20(11-16-9-7-6-8-10-16)12-17(18)15(4)14(2)3;1-5-15-12(14)11-7-13-6-10(11)9(4)8(2)3;1-6(2)7(3)8-4-11-5-9(8)10(12)13;1-5-12-10(11)7-6-9(4)8(2)3;1-5(2)6(3)4-7/h6-10,14-15,17-18H,5,11-13H2,1-4H3;8-11,13H,5-7H2,1-4H3;6-9,11H,4-5H2,1-3H3,(H,12,13);6-9H,5H2,1-4H3;4-6H,1-3H3/b;;;7-6+;. The number of hydrogen-bond donors (Lipinski definition) is 3. The quantitative estimate of drug-likeness (QED) is 0.0522. The smallest absolute Gasteiger partial charge is 0.330 e. The fourth-order valence-electron chi connectivity index (χ4n) is 8.48. The van der Waals surface area contributed by atoms with Crippen LogP contribution in [0.1, 0.15) is 130 Å². The number of likely N-dealkylation sites (tertiary alicyclic amines) is 1. The number of nitrogens with zero attached hydrogens (tertiary/aromatic N) is 1. The molecular formula is C57H101N3O9. The molecular weight excluding hydrogens is 871 g/mol. The zero-order valence-electron chi connectivity index (χ0n) is 46.6. The van der Waals surface area contributed by atoms with Gasteiger partial charge in [0.2, 0.25) is 0 Å². The molecule has 3 fully saturated rings. The molecule has 0 spiro atoms. The van der Waals surface area contributed by atoms with Crippen LogP contribution in [0.25, 0.3) is 0 Å². The first-order chi connectivity index (χ1) is 32.4. The fourth-order valence-corrected chi connectivity index (χ4v) is 8.48. The third-order valence-electron chi connectivity index (χ3n) is 15.0. The molecule has 4 rings (SSSR count). The molecule has 3 saturated heterocycles. The molecule has 1 aromatic carbocycles. The fraction of sp³-hybridized carbons (Fsp3) is 0.772. The van der Waals surface area contributed by atoms with Crippen molar-refractivity contribution in [3.63, 3.8) is 0 Å². The highest BCUT2D eigenvalue weighted by Gasteiger charge is 2.42. The van der Waals surface area contributed by atoms with Gasteiger partial charge in [-0.3, -0.25) is 19.3 Å². The molecule has 0 saturated carbocycles. The second-order valence-corrected chi connectivity index (χ2v) is 21.4. The summed E-state index contributed by atoms with van der Waals surface area (Å²) in [6.45, 7) is 45.1. The van der Waals surface area contributed by atoms with Gasteiger partial charge >= 0.3 is 23.9 Å². The number of rotatable bonds is 19. The SMILES string of the molecule is CC(C)C(C)C1CNCC1C(=O)O.CC(C)C(C)C=O.CCOC(=O)/C=C/C(C)C(C)C.CCOC(=O)C1CN(Cc2ccccc2)CC1C(C)C(C)C.CCOC(=O)C1CNCC1C(C)C(C)C. The number of nitrogens with one attached hydrogen (secondary N) is 2. The van der Waals surface area contributed by atoms with Crippen LogP contribution in [0.3, 0.4) is 0 Å². The number of allylic oxidation sites excluding steroid dienone is 1. The number of carboxylic acids is 1. The van der Waals surface area contributed by atoms with E-state index in [4.69, 9.17) is 19.3 Å². The third kappa shape index (κ3) is 24.9. The molecule has 3 aliphatic rings. The van der Waals surface area contributed by atoms with Gasteiger partial charge in [0.25, 0.3) is 0 Å². The maximum atomic E-state index is 12.3. The van der Waals surface area contributed by atoms with Crippen molar-refractivity contribution in [2.24, 2.45) is 94.7 Å². The van der Waals surface area contributed by atoms with Crippen LogP contribution in [0.2, 0.25) is 0 Å². The van der Waals surface area contributed by atoms with E-state index in [9.17, 15) is 24.0 Å². The average molecular weight is 972 g/mol. The number of carbonyl (C=O) groups excluding carboxylic acids is 4. The molecule has 3 N–H and O–H groups in total. The highest BCUT2D eigenvalue weighted by atomic mass is 16.5. The molecule has 0 amide bonds. The van der Waals surface area contributed by atoms with Gasteiger partial charge in [0, 0.05) is 44.7 Å². The Morgan fingerprint density at radius 3 is 1.42 bits per heavy atom. The lowest BCUT2D eigenvalue weighted by Crippen LogP contribution is -2.30. The molecule has 0 radical (unpaired) electrons. The summed E-state index contributed by atoms with van der Waals surface area (Å²) in [5.74, 6) is 5.12. The number of carbonyl (C=O) groups is 5. The van der Waals surface area contributed by atoms with Crippen LogP contribution in [0.4, 0.5) is 0 Å². The average Bonchev–Trinajstić information content (AvgIpc) is 4.10. The van der Waals surface area contributed by atoms with Crippen molar-refractivity contribution in [3.05, 3.63) is 48.0 Å². The lowest BCUT2D eigenvalue weighted by molar-refractivity contribution is -0.150. The Morgan fingerprint density at radius 1 is 0.580 bits per heavy atom. The lowest BCUT2D eigenvalue weighted by Gasteiger charge is -2.26. The Bertz CT molecular complexity index is 1600. The van der Waals surface area contributed by atoms with Crippen LogP contribution >= 0.6 is 0 Å². The number of carboxylic acid groups (broad SMARTS) is 1. The number of benzene rings is 1. The van der Waals surface area contributed by atoms with Gasteiger partial charge in [-0.15, -0.1) is 0 Å². The van der Waals surface area contributed by atoms with E-state index in [1.165, 1.54) is 11.6 Å². The van der Waals surface area contributed by atoms with Crippen molar-refractivity contribution in [2.75, 3.05) is 59.1 Å². The molecule has 11 unspecified atom stereocenters. The van der Waals surface area contributed by atoms with Gasteiger partial charge < -0.3 is 34.7 Å². The minimum absolute atomic E-state index is 0.0149. The first-order valence-electron chi connectivity index (χ1n) is 26.4. The van der Waals surface area contributed by atoms with E-state index in [0.29, 0.717) is 97.4 Å². The maximum Gasteiger partial charge on any atom is 0.330 e. The van der Waals surface area contributed by atoms with E-state index in [2.05, 4.69) is 123 Å². The van der Waals surface area contributed by atoms with Crippen LogP contribution in [-0.4, -0.2) is 99.3 Å². The van der Waals surface area contributed by atoms with E-state index in [0.717, 1.165) is 45.6 Å². The Morgan fingerprint density at radius 2 is 1.01 bits per heavy atom. The Hall–Kier alpha value is -3.61. The predicted octanol–water partition coefficient (Wildman–Crippen LogP) is 10.3. The molecule has 398 valence electrons. The number of aldehydes is 1. The summed E-state index contributed by atoms with van der Waals surface area (Å²) < 4.78 is 15.2. The summed E-state index contributed by atoms with van der Waals surface area (Å²) in [4.78, 5) is 58.2. The normalized spacial score (nSPS) is 23.3. The van der Waals surface area contributed by atoms with Crippen molar-refractivity contribution in [1.82, 2.24) is 15.5 Å². The summed E-state index contributed by atoms with van der Waals surface area (Å²) in [5.41, 5.74) is 1.31. The van der Waals surface area contributed by atoms with E-state index in [-0.39, 0.29) is 41.6 Å². The van der Waals surface area contributed by atoms with Gasteiger partial charge in [0.05, 0.1) is 37.6 Å². The molecule has 12 heteroatoms. The van der Waals surface area contributed by atoms with Crippen LogP contribution < -0.4 is 10.6 Å². The van der Waals surface area contributed by atoms with Gasteiger partial charge in [0.1, 0.15) is 6.29 Å². The van der Waals surface area contributed by atoms with Crippen LogP contribution in [-0.2, 0) is 44.7 Å². The van der Waals surface area contributed by atoms with Gasteiger partial charge in [-0.2, -0.15) is 0 Å². The molecule has 0 aromatic heterocycles. The third-order valence-corrected chi connectivity index (χ3v) is 15.0. The van der Waals surface area contributed by atoms with Gasteiger partial charge in [-0.05, 0) is 110 Å². The first-order valence-corrected chi connectivity index (χ1v) is 26.4. The molecule has 0 aliphatic carbocycles. The second kappa shape index (κ2) is 35.5. The minimum atomic E-state index is -0.650. The molecule has 3 aliphatic heterocycles. The molecule has 12 nitrogen and oxygen atoms in total. The van der Waals surface area contributed by atoms with Crippen molar-refractivity contribution >= 4 is 30.2 Å². The largest absolute Gasteiger partial charge is 0.481 e. The van der Waals surface area contributed by atoms with Gasteiger partial charge in [-0.1, -0.05) is 140 Å². The number of ether oxygens (including phenoxy) is 3. The highest BCUT2D eigenvalue weighted by Crippen LogP contribution is 2.35. The Kier molecular flexibility index (Phi) is 33.6. The first kappa shape index (κ1) is 65.4. The van der Waals surface area contributed by atoms with Crippen LogP contribution in [0.5, 0.6) is 0 Å². The summed E-state index contributed by atoms with van der Waals surface area (Å²) in [5, 5.41) is 15.4. The van der Waals surface area contributed by atoms with E-state index < -0.39 is 5.97 Å². The zero-order chi connectivity index (χ0) is 53.0. The second-order valence-electron chi connectivity index (χ2n) is 21.4. The molecule has 3 heterocycles. The summed E-state index contributed by atoms with van der Waals surface area (Å²) >= 11 is 0. The Balaban J connectivity index is 0.000000877. The topological polar surface area (TPSA) is 161 Å². The number of hydrogen-bond acceptors (Lipinski definition) is 11. The molecule has 11 atom stereocenters. The summed E-state index contributed by atoms with van der Waals surface area (Å²) in [7, 11) is 0. The van der Waals surface area contributed by atoms with E-state index in [1.54, 1.807) is 6.92 Å². The van der Waals surface area contributed by atoms with E-state index in [1.807, 2.05) is 46.8 Å². The predicted molar refractivity (Wildman–Crippen MR) is 281 cm³/mol. The monoisotopic (exact) mass is 972 g/mol. The van der Waals surface area contributed by atoms with Crippen LogP contribution in [0, 0.1) is 94.7 Å². The number of esters is 3. The van der Waals surface area contributed by atoms with Crippen molar-refractivity contribution in [2.45, 2.75) is 131 Å². The van der Waals surface area contributed by atoms with Gasteiger partial charge in [0.15, 0.2) is 0 Å². The minimum Gasteiger partial charge on any atom is -0.481 e. The van der Waals surface area contributed by atoms with Crippen molar-refractivity contribution in [1.29, 1.82) is 0 Å². The number of aliphatic carboxylic acids is 1. The maximum absolute atomic E-state index is 12.3. The van der Waals surface area contributed by atoms with Crippen molar-refractivity contribution < 1.29 is 43.3 Å². The van der Waals surface area contributed by atoms with Crippen molar-refractivity contribution in [3.8, 4) is 0 Å². The summed E-state index contributed by atoms with van der Waals surface area (Å²) in [6, 6.07) is 10.5. The zero-order valence-corrected chi connectivity index (χ0v) is 46.6. The van der Waals surface area contributed by atoms with E-state index >= 15 is 0 Å². The summed E-state index contributed by atoms with van der Waals surface area (Å²) in [6.07, 6.45) is 4.39. The highest BCUT2D eigenvalue weighted by molar-refractivity contribution is 5.81. The van der Waals surface area contributed by atoms with Gasteiger partial charge in [-0.25, -0.2) is 4.79 Å². The van der Waals surface area contributed by atoms with Crippen LogP contribution in [0.15, 0.2) is 42.5 Å². The Labute approximate surface area is 420 Å². The molecule has 0 bridgehead atoms.